The highest BCUT2D eigenvalue weighted by Gasteiger charge is 2.36. The van der Waals surface area contributed by atoms with E-state index in [9.17, 15) is 4.79 Å². The second kappa shape index (κ2) is 6.35. The molecular formula is C15H21N3O. The zero-order valence-corrected chi connectivity index (χ0v) is 11.8. The normalized spacial score (nSPS) is 10.9. The molecule has 4 nitrogen and oxygen atoms in total. The monoisotopic (exact) mass is 259 g/mol. The van der Waals surface area contributed by atoms with E-state index in [-0.39, 0.29) is 5.91 Å². The quantitative estimate of drug-likeness (QED) is 0.882. The molecule has 0 unspecified atom stereocenters. The van der Waals surface area contributed by atoms with E-state index in [1.807, 2.05) is 13.8 Å². The number of hydrogen-bond acceptors (Lipinski definition) is 3. The molecular weight excluding hydrogens is 238 g/mol. The summed E-state index contributed by atoms with van der Waals surface area (Å²) in [6.45, 7) is 4.32. The summed E-state index contributed by atoms with van der Waals surface area (Å²) in [5.41, 5.74) is 6.67. The Bertz CT molecular complexity index is 461. The third-order valence-corrected chi connectivity index (χ3v) is 3.89. The van der Waals surface area contributed by atoms with Crippen LogP contribution in [0.1, 0.15) is 32.3 Å². The average molecular weight is 259 g/mol. The van der Waals surface area contributed by atoms with Crippen molar-refractivity contribution in [2.75, 3.05) is 18.5 Å². The molecule has 0 heterocycles. The van der Waals surface area contributed by atoms with Crippen LogP contribution in [0.3, 0.4) is 0 Å². The van der Waals surface area contributed by atoms with Crippen LogP contribution in [0, 0.1) is 16.7 Å². The van der Waals surface area contributed by atoms with Crippen molar-refractivity contribution in [1.29, 1.82) is 5.26 Å². The largest absolute Gasteiger partial charge is 0.329 e. The molecule has 0 radical (unpaired) electrons. The van der Waals surface area contributed by atoms with Crippen molar-refractivity contribution in [3.05, 3.63) is 29.8 Å². The minimum absolute atomic E-state index is 0.0321. The molecule has 0 atom stereocenters. The van der Waals surface area contributed by atoms with Gasteiger partial charge in [-0.25, -0.2) is 0 Å². The molecule has 0 aromatic heterocycles. The molecule has 19 heavy (non-hydrogen) atoms. The van der Waals surface area contributed by atoms with Gasteiger partial charge in [-0.2, -0.15) is 5.26 Å². The fourth-order valence-electron chi connectivity index (χ4n) is 2.16. The van der Waals surface area contributed by atoms with Crippen molar-refractivity contribution in [3.63, 3.8) is 0 Å². The molecule has 0 bridgehead atoms. The number of nitrogens with zero attached hydrogens (tertiary/aromatic N) is 2. The molecule has 0 spiro atoms. The Morgan fingerprint density at radius 3 is 2.21 bits per heavy atom. The Balaban J connectivity index is 3.01. The Morgan fingerprint density at radius 1 is 1.32 bits per heavy atom. The Hall–Kier alpha value is -1.86. The van der Waals surface area contributed by atoms with Gasteiger partial charge in [0.1, 0.15) is 0 Å². The van der Waals surface area contributed by atoms with E-state index in [0.717, 1.165) is 18.5 Å². The summed E-state index contributed by atoms with van der Waals surface area (Å²) in [5.74, 6) is 0.0321. The second-order valence-corrected chi connectivity index (χ2v) is 4.71. The SMILES string of the molecule is CCC(CC)(CN)C(=O)N(C)c1ccc(C#N)cc1. The van der Waals surface area contributed by atoms with Crippen LogP contribution >= 0.6 is 0 Å². The first-order valence-corrected chi connectivity index (χ1v) is 6.53. The van der Waals surface area contributed by atoms with Crippen LogP contribution in [0.2, 0.25) is 0 Å². The van der Waals surface area contributed by atoms with Gasteiger partial charge in [-0.15, -0.1) is 0 Å². The standard InChI is InChI=1S/C15H21N3O/c1-4-15(5-2,11-17)14(19)18(3)13-8-6-12(10-16)7-9-13/h6-9H,4-5,11,17H2,1-3H3. The molecule has 1 aromatic rings. The van der Waals surface area contributed by atoms with Gasteiger partial charge in [0.05, 0.1) is 17.0 Å². The van der Waals surface area contributed by atoms with E-state index in [0.29, 0.717) is 12.1 Å². The molecule has 102 valence electrons. The van der Waals surface area contributed by atoms with Gasteiger partial charge in [0.15, 0.2) is 0 Å². The lowest BCUT2D eigenvalue weighted by molar-refractivity contribution is -0.127. The smallest absolute Gasteiger partial charge is 0.234 e. The van der Waals surface area contributed by atoms with E-state index in [1.165, 1.54) is 0 Å². The number of carbonyl (C=O) groups is 1. The van der Waals surface area contributed by atoms with Crippen LogP contribution in [-0.2, 0) is 4.79 Å². The number of nitriles is 1. The third-order valence-electron chi connectivity index (χ3n) is 3.89. The van der Waals surface area contributed by atoms with Crippen LogP contribution in [0.4, 0.5) is 5.69 Å². The summed E-state index contributed by atoms with van der Waals surface area (Å²) in [4.78, 5) is 14.2. The summed E-state index contributed by atoms with van der Waals surface area (Å²) in [6, 6.07) is 9.04. The van der Waals surface area contributed by atoms with E-state index in [4.69, 9.17) is 11.0 Å². The number of rotatable bonds is 5. The molecule has 2 N–H and O–H groups in total. The van der Waals surface area contributed by atoms with Crippen LogP contribution in [-0.4, -0.2) is 19.5 Å². The summed E-state index contributed by atoms with van der Waals surface area (Å²) in [7, 11) is 1.75. The zero-order chi connectivity index (χ0) is 14.5. The lowest BCUT2D eigenvalue weighted by Crippen LogP contribution is -2.46. The van der Waals surface area contributed by atoms with E-state index in [1.54, 1.807) is 36.2 Å². The maximum absolute atomic E-state index is 12.6. The lowest BCUT2D eigenvalue weighted by Gasteiger charge is -2.33. The topological polar surface area (TPSA) is 70.1 Å². The van der Waals surface area contributed by atoms with Gasteiger partial charge >= 0.3 is 0 Å². The number of hydrogen-bond donors (Lipinski definition) is 1. The first-order chi connectivity index (χ1) is 9.04. The highest BCUT2D eigenvalue weighted by atomic mass is 16.2. The van der Waals surface area contributed by atoms with Gasteiger partial charge < -0.3 is 10.6 Å². The Morgan fingerprint density at radius 2 is 1.84 bits per heavy atom. The molecule has 0 aliphatic carbocycles. The molecule has 1 rings (SSSR count). The van der Waals surface area contributed by atoms with Crippen molar-refractivity contribution in [1.82, 2.24) is 0 Å². The number of anilines is 1. The number of benzene rings is 1. The molecule has 0 aliphatic rings. The first-order valence-electron chi connectivity index (χ1n) is 6.53. The molecule has 0 saturated carbocycles. The van der Waals surface area contributed by atoms with Gasteiger partial charge in [0, 0.05) is 19.3 Å². The van der Waals surface area contributed by atoms with Crippen molar-refractivity contribution in [3.8, 4) is 6.07 Å². The fourth-order valence-corrected chi connectivity index (χ4v) is 2.16. The molecule has 4 heteroatoms. The van der Waals surface area contributed by atoms with Gasteiger partial charge in [-0.05, 0) is 37.1 Å². The fraction of sp³-hybridized carbons (Fsp3) is 0.467. The van der Waals surface area contributed by atoms with Gasteiger partial charge in [0.2, 0.25) is 5.91 Å². The highest BCUT2D eigenvalue weighted by molar-refractivity contribution is 5.97. The summed E-state index contributed by atoms with van der Waals surface area (Å²) < 4.78 is 0. The van der Waals surface area contributed by atoms with Gasteiger partial charge in [-0.3, -0.25) is 4.79 Å². The maximum Gasteiger partial charge on any atom is 0.234 e. The molecule has 0 aliphatic heterocycles. The molecule has 1 amide bonds. The lowest BCUT2D eigenvalue weighted by atomic mass is 9.81. The van der Waals surface area contributed by atoms with E-state index < -0.39 is 5.41 Å². The highest BCUT2D eigenvalue weighted by Crippen LogP contribution is 2.29. The first kappa shape index (κ1) is 15.2. The van der Waals surface area contributed by atoms with Crippen LogP contribution in [0.25, 0.3) is 0 Å². The average Bonchev–Trinajstić information content (AvgIpc) is 2.48. The van der Waals surface area contributed by atoms with Gasteiger partial charge in [0.25, 0.3) is 0 Å². The summed E-state index contributed by atoms with van der Waals surface area (Å²) in [5, 5.41) is 8.77. The number of nitrogens with two attached hydrogens (primary N) is 1. The molecule has 0 saturated heterocycles. The van der Waals surface area contributed by atoms with E-state index >= 15 is 0 Å². The minimum Gasteiger partial charge on any atom is -0.329 e. The predicted molar refractivity (Wildman–Crippen MR) is 76.6 cm³/mol. The minimum atomic E-state index is -0.497. The van der Waals surface area contributed by atoms with E-state index in [2.05, 4.69) is 6.07 Å². The van der Waals surface area contributed by atoms with Gasteiger partial charge in [-0.1, -0.05) is 13.8 Å². The zero-order valence-electron chi connectivity index (χ0n) is 11.8. The van der Waals surface area contributed by atoms with Crippen LogP contribution in [0.5, 0.6) is 0 Å². The Labute approximate surface area is 114 Å². The third kappa shape index (κ3) is 2.94. The second-order valence-electron chi connectivity index (χ2n) is 4.71. The predicted octanol–water partition coefficient (Wildman–Crippen LogP) is 2.29. The summed E-state index contributed by atoms with van der Waals surface area (Å²) in [6.07, 6.45) is 1.44. The van der Waals surface area contributed by atoms with Crippen LogP contribution in [0.15, 0.2) is 24.3 Å². The summed E-state index contributed by atoms with van der Waals surface area (Å²) >= 11 is 0. The maximum atomic E-state index is 12.6. The van der Waals surface area contributed by atoms with Crippen molar-refractivity contribution in [2.24, 2.45) is 11.1 Å². The van der Waals surface area contributed by atoms with Crippen molar-refractivity contribution in [2.45, 2.75) is 26.7 Å². The molecule has 0 fully saturated rings. The van der Waals surface area contributed by atoms with Crippen molar-refractivity contribution >= 4 is 11.6 Å². The molecule has 1 aromatic carbocycles. The number of carbonyl (C=O) groups excluding carboxylic acids is 1. The van der Waals surface area contributed by atoms with Crippen molar-refractivity contribution < 1.29 is 4.79 Å². The number of amides is 1. The van der Waals surface area contributed by atoms with Crippen LogP contribution < -0.4 is 10.6 Å². The Kier molecular flexibility index (Phi) is 5.08.